The molecule has 1 aromatic carbocycles. The van der Waals surface area contributed by atoms with Crippen molar-refractivity contribution < 1.29 is 14.3 Å². The zero-order chi connectivity index (χ0) is 12.4. The summed E-state index contributed by atoms with van der Waals surface area (Å²) in [7, 11) is 3.20. The van der Waals surface area contributed by atoms with E-state index in [1.165, 1.54) is 0 Å². The van der Waals surface area contributed by atoms with Gasteiger partial charge < -0.3 is 20.5 Å². The van der Waals surface area contributed by atoms with Crippen molar-refractivity contribution in [3.8, 4) is 11.5 Å². The van der Waals surface area contributed by atoms with Gasteiger partial charge in [0.2, 0.25) is 5.91 Å². The molecule has 0 saturated heterocycles. The summed E-state index contributed by atoms with van der Waals surface area (Å²) < 4.78 is 10.5. The van der Waals surface area contributed by atoms with E-state index in [1.54, 1.807) is 14.2 Å². The van der Waals surface area contributed by atoms with Crippen molar-refractivity contribution in [1.82, 2.24) is 5.32 Å². The number of ether oxygens (including phenoxy) is 2. The molecule has 0 spiro atoms. The molecule has 5 heteroatoms. The maximum Gasteiger partial charge on any atom is 0.234 e. The molecule has 0 saturated carbocycles. The monoisotopic (exact) mass is 236 g/mol. The molecule has 3 N–H and O–H groups in total. The van der Waals surface area contributed by atoms with Gasteiger partial charge in [-0.15, -0.1) is 0 Å². The molecule has 0 fully saturated rings. The number of hydrogen-bond acceptors (Lipinski definition) is 4. The van der Waals surface area contributed by atoms with Gasteiger partial charge in [0.05, 0.1) is 20.3 Å². The molecule has 0 aliphatic carbocycles. The Hall–Kier alpha value is -1.75. The lowest BCUT2D eigenvalue weighted by atomic mass is 9.95. The molecule has 1 heterocycles. The average Bonchev–Trinajstić information content (AvgIpc) is 2.36. The fraction of sp³-hybridized carbons (Fsp3) is 0.417. The number of amides is 1. The van der Waals surface area contributed by atoms with Crippen molar-refractivity contribution in [2.45, 2.75) is 19.0 Å². The topological polar surface area (TPSA) is 73.6 Å². The van der Waals surface area contributed by atoms with Crippen LogP contribution < -0.4 is 20.5 Å². The van der Waals surface area contributed by atoms with Crippen LogP contribution in [0.2, 0.25) is 0 Å². The van der Waals surface area contributed by atoms with Crippen LogP contribution in [0.15, 0.2) is 12.1 Å². The summed E-state index contributed by atoms with van der Waals surface area (Å²) in [6.07, 6.45) is 0.588. The molecule has 0 bridgehead atoms. The molecular weight excluding hydrogens is 220 g/mol. The quantitative estimate of drug-likeness (QED) is 0.786. The largest absolute Gasteiger partial charge is 0.493 e. The Morgan fingerprint density at radius 1 is 1.29 bits per heavy atom. The van der Waals surface area contributed by atoms with Crippen LogP contribution in [0.1, 0.15) is 11.1 Å². The summed E-state index contributed by atoms with van der Waals surface area (Å²) in [6, 6.07) is 3.53. The number of rotatable bonds is 3. The second-order valence-electron chi connectivity index (χ2n) is 4.02. The van der Waals surface area contributed by atoms with Crippen molar-refractivity contribution in [2.24, 2.45) is 5.73 Å². The number of carbonyl (C=O) groups is 1. The first-order chi connectivity index (χ1) is 8.15. The van der Waals surface area contributed by atoms with Crippen LogP contribution in [-0.2, 0) is 17.8 Å². The molecule has 92 valence electrons. The highest BCUT2D eigenvalue weighted by Gasteiger charge is 2.23. The fourth-order valence-corrected chi connectivity index (χ4v) is 2.04. The van der Waals surface area contributed by atoms with Gasteiger partial charge in [0.25, 0.3) is 0 Å². The summed E-state index contributed by atoms with van der Waals surface area (Å²) >= 11 is 0. The van der Waals surface area contributed by atoms with Gasteiger partial charge in [0.1, 0.15) is 0 Å². The van der Waals surface area contributed by atoms with Gasteiger partial charge in [-0.1, -0.05) is 0 Å². The van der Waals surface area contributed by atoms with E-state index in [0.717, 1.165) is 11.1 Å². The van der Waals surface area contributed by atoms with E-state index >= 15 is 0 Å². The lowest BCUT2D eigenvalue weighted by molar-refractivity contribution is -0.120. The molecule has 0 radical (unpaired) electrons. The first-order valence-corrected chi connectivity index (χ1v) is 5.42. The summed E-state index contributed by atoms with van der Waals surface area (Å²) in [5.41, 5.74) is 7.48. The third-order valence-corrected chi connectivity index (χ3v) is 3.01. The number of nitrogens with one attached hydrogen (secondary N) is 1. The Morgan fingerprint density at radius 3 is 2.41 bits per heavy atom. The van der Waals surface area contributed by atoms with Crippen LogP contribution in [0.25, 0.3) is 0 Å². The fourth-order valence-electron chi connectivity index (χ4n) is 2.04. The molecule has 5 nitrogen and oxygen atoms in total. The van der Waals surface area contributed by atoms with Gasteiger partial charge in [-0.2, -0.15) is 0 Å². The van der Waals surface area contributed by atoms with Gasteiger partial charge in [-0.05, 0) is 29.7 Å². The summed E-state index contributed by atoms with van der Waals surface area (Å²) in [6.45, 7) is 0.614. The van der Waals surface area contributed by atoms with Crippen LogP contribution in [0.5, 0.6) is 11.5 Å². The molecule has 0 aromatic heterocycles. The van der Waals surface area contributed by atoms with Gasteiger partial charge in [-0.25, -0.2) is 0 Å². The van der Waals surface area contributed by atoms with Crippen molar-refractivity contribution in [2.75, 3.05) is 14.2 Å². The second-order valence-corrected chi connectivity index (χ2v) is 4.02. The highest BCUT2D eigenvalue weighted by molar-refractivity contribution is 5.80. The van der Waals surface area contributed by atoms with Crippen LogP contribution in [-0.4, -0.2) is 26.2 Å². The van der Waals surface area contributed by atoms with Crippen LogP contribution in [0.3, 0.4) is 0 Å². The molecule has 1 aliphatic rings. The van der Waals surface area contributed by atoms with Gasteiger partial charge in [0, 0.05) is 6.54 Å². The third-order valence-electron chi connectivity index (χ3n) is 3.01. The predicted octanol–water partition coefficient (Wildman–Crippen LogP) is 0.203. The number of primary amides is 1. The van der Waals surface area contributed by atoms with E-state index in [2.05, 4.69) is 5.32 Å². The first kappa shape index (κ1) is 11.7. The van der Waals surface area contributed by atoms with E-state index < -0.39 is 0 Å². The molecule has 17 heavy (non-hydrogen) atoms. The standard InChI is InChI=1S/C12H16N2O3/c1-16-10-4-7-3-9(12(13)15)14-6-8(7)5-11(10)17-2/h4-5,9,14H,3,6H2,1-2H3,(H2,13,15)/t9-/m1/s1. The minimum absolute atomic E-state index is 0.305. The smallest absolute Gasteiger partial charge is 0.234 e. The Kier molecular flexibility index (Phi) is 3.19. The van der Waals surface area contributed by atoms with E-state index in [0.29, 0.717) is 24.5 Å². The SMILES string of the molecule is COc1cc2c(cc1OC)C[C@H](C(N)=O)NC2. The maximum absolute atomic E-state index is 11.1. The Morgan fingerprint density at radius 2 is 1.88 bits per heavy atom. The zero-order valence-corrected chi connectivity index (χ0v) is 9.95. The number of hydrogen-bond donors (Lipinski definition) is 2. The van der Waals surface area contributed by atoms with E-state index in [1.807, 2.05) is 12.1 Å². The van der Waals surface area contributed by atoms with Crippen molar-refractivity contribution in [3.63, 3.8) is 0 Å². The molecular formula is C12H16N2O3. The van der Waals surface area contributed by atoms with E-state index in [-0.39, 0.29) is 11.9 Å². The van der Waals surface area contributed by atoms with Crippen molar-refractivity contribution in [3.05, 3.63) is 23.3 Å². The molecule has 2 rings (SSSR count). The summed E-state index contributed by atoms with van der Waals surface area (Å²) in [5.74, 6) is 1.05. The lowest BCUT2D eigenvalue weighted by Gasteiger charge is -2.25. The number of benzene rings is 1. The van der Waals surface area contributed by atoms with Crippen molar-refractivity contribution in [1.29, 1.82) is 0 Å². The number of methoxy groups -OCH3 is 2. The molecule has 1 amide bonds. The van der Waals surface area contributed by atoms with Crippen LogP contribution in [0, 0.1) is 0 Å². The van der Waals surface area contributed by atoms with Crippen LogP contribution >= 0.6 is 0 Å². The minimum Gasteiger partial charge on any atom is -0.493 e. The number of nitrogens with two attached hydrogens (primary N) is 1. The van der Waals surface area contributed by atoms with Crippen LogP contribution in [0.4, 0.5) is 0 Å². The van der Waals surface area contributed by atoms with Gasteiger partial charge >= 0.3 is 0 Å². The normalized spacial score (nSPS) is 18.4. The molecule has 0 unspecified atom stereocenters. The number of carbonyl (C=O) groups excluding carboxylic acids is 1. The molecule has 1 aromatic rings. The Bertz CT molecular complexity index is 446. The van der Waals surface area contributed by atoms with Gasteiger partial charge in [0.15, 0.2) is 11.5 Å². The predicted molar refractivity (Wildman–Crippen MR) is 63.1 cm³/mol. The third kappa shape index (κ3) is 2.19. The molecule has 1 atom stereocenters. The van der Waals surface area contributed by atoms with Gasteiger partial charge in [-0.3, -0.25) is 4.79 Å². The summed E-state index contributed by atoms with van der Waals surface area (Å²) in [4.78, 5) is 11.1. The molecule has 1 aliphatic heterocycles. The maximum atomic E-state index is 11.1. The summed E-state index contributed by atoms with van der Waals surface area (Å²) in [5, 5.41) is 3.09. The first-order valence-electron chi connectivity index (χ1n) is 5.42. The van der Waals surface area contributed by atoms with E-state index in [9.17, 15) is 4.79 Å². The highest BCUT2D eigenvalue weighted by atomic mass is 16.5. The minimum atomic E-state index is -0.328. The Labute approximate surface area is 99.9 Å². The van der Waals surface area contributed by atoms with E-state index in [4.69, 9.17) is 15.2 Å². The average molecular weight is 236 g/mol. The number of fused-ring (bicyclic) bond motifs is 1. The lowest BCUT2D eigenvalue weighted by Crippen LogP contribution is -2.45. The van der Waals surface area contributed by atoms with Crippen molar-refractivity contribution >= 4 is 5.91 Å². The zero-order valence-electron chi connectivity index (χ0n) is 9.95. The second kappa shape index (κ2) is 4.63. The highest BCUT2D eigenvalue weighted by Crippen LogP contribution is 2.32. The Balaban J connectivity index is 2.35.